The zero-order valence-corrected chi connectivity index (χ0v) is 10.6. The number of hydrogen-bond donors (Lipinski definition) is 2. The van der Waals surface area contributed by atoms with E-state index >= 15 is 0 Å². The molecule has 4 N–H and O–H groups in total. The first-order valence-electron chi connectivity index (χ1n) is 6.18. The lowest BCUT2D eigenvalue weighted by Crippen LogP contribution is -2.30. The Kier molecular flexibility index (Phi) is 3.97. The first-order valence-corrected chi connectivity index (χ1v) is 6.18. The molecule has 1 aromatic carbocycles. The van der Waals surface area contributed by atoms with Gasteiger partial charge in [0.1, 0.15) is 0 Å². The lowest BCUT2D eigenvalue weighted by molar-refractivity contribution is -0.124. The number of benzene rings is 1. The normalized spacial score (nSPS) is 19.0. The van der Waals surface area contributed by atoms with Gasteiger partial charge in [-0.05, 0) is 30.2 Å². The molecule has 2 amide bonds. The van der Waals surface area contributed by atoms with Gasteiger partial charge in [-0.3, -0.25) is 9.59 Å². The zero-order valence-electron chi connectivity index (χ0n) is 10.6. The maximum Gasteiger partial charge on any atom is 0.248 e. The first-order chi connectivity index (χ1) is 9.06. The Hall–Kier alpha value is -2.14. The molecule has 1 heterocycles. The largest absolute Gasteiger partial charge is 0.366 e. The lowest BCUT2D eigenvalue weighted by atomic mass is 10.1. The van der Waals surface area contributed by atoms with E-state index in [0.717, 1.165) is 12.0 Å². The maximum absolute atomic E-state index is 11.8. The topological polar surface area (TPSA) is 89.4 Å². The second-order valence-corrected chi connectivity index (χ2v) is 4.65. The molecular formula is C14H17N3O2. The molecule has 1 fully saturated rings. The van der Waals surface area contributed by atoms with Crippen LogP contribution in [0.3, 0.4) is 0 Å². The zero-order chi connectivity index (χ0) is 13.8. The van der Waals surface area contributed by atoms with Crippen molar-refractivity contribution in [3.05, 3.63) is 41.5 Å². The molecule has 1 aliphatic heterocycles. The maximum atomic E-state index is 11.8. The Bertz CT molecular complexity index is 508. The van der Waals surface area contributed by atoms with Crippen molar-refractivity contribution in [3.8, 4) is 0 Å². The van der Waals surface area contributed by atoms with Crippen molar-refractivity contribution >= 4 is 17.9 Å². The van der Waals surface area contributed by atoms with Crippen LogP contribution in [0.15, 0.2) is 30.3 Å². The highest BCUT2D eigenvalue weighted by Crippen LogP contribution is 2.09. The summed E-state index contributed by atoms with van der Waals surface area (Å²) in [5, 5.41) is 0. The third-order valence-corrected chi connectivity index (χ3v) is 3.15. The minimum Gasteiger partial charge on any atom is -0.366 e. The van der Waals surface area contributed by atoms with E-state index < -0.39 is 5.91 Å². The summed E-state index contributed by atoms with van der Waals surface area (Å²) in [4.78, 5) is 24.5. The van der Waals surface area contributed by atoms with Gasteiger partial charge in [-0.15, -0.1) is 0 Å². The van der Waals surface area contributed by atoms with E-state index in [1.807, 2.05) is 0 Å². The number of amides is 2. The molecule has 0 spiro atoms. The third-order valence-electron chi connectivity index (χ3n) is 3.15. The van der Waals surface area contributed by atoms with Gasteiger partial charge in [0.25, 0.3) is 0 Å². The van der Waals surface area contributed by atoms with E-state index in [9.17, 15) is 9.59 Å². The number of rotatable bonds is 3. The first kappa shape index (κ1) is 13.3. The van der Waals surface area contributed by atoms with Crippen LogP contribution < -0.4 is 11.5 Å². The summed E-state index contributed by atoms with van der Waals surface area (Å²) < 4.78 is 0. The highest BCUT2D eigenvalue weighted by Gasteiger charge is 2.21. The molecule has 0 saturated carbocycles. The lowest BCUT2D eigenvalue weighted by Gasteiger charge is -2.12. The summed E-state index contributed by atoms with van der Waals surface area (Å²) in [7, 11) is 0. The summed E-state index contributed by atoms with van der Waals surface area (Å²) in [6.45, 7) is 1.33. The summed E-state index contributed by atoms with van der Waals surface area (Å²) in [5.41, 5.74) is 12.2. The SMILES string of the molecule is NC(=O)c1ccc(C=CC(=O)N2CCC(N)C2)cc1. The Morgan fingerprint density at radius 1 is 1.26 bits per heavy atom. The predicted molar refractivity (Wildman–Crippen MR) is 73.2 cm³/mol. The van der Waals surface area contributed by atoms with Crippen LogP contribution in [0.25, 0.3) is 6.08 Å². The number of hydrogen-bond acceptors (Lipinski definition) is 3. The number of primary amides is 1. The van der Waals surface area contributed by atoms with E-state index in [1.54, 1.807) is 35.2 Å². The van der Waals surface area contributed by atoms with Crippen LogP contribution in [0, 0.1) is 0 Å². The molecule has 1 unspecified atom stereocenters. The van der Waals surface area contributed by atoms with Crippen LogP contribution in [0.1, 0.15) is 22.3 Å². The molecule has 1 aromatic rings. The molecule has 1 aliphatic rings. The summed E-state index contributed by atoms with van der Waals surface area (Å²) >= 11 is 0. The van der Waals surface area contributed by atoms with Gasteiger partial charge >= 0.3 is 0 Å². The fourth-order valence-electron chi connectivity index (χ4n) is 2.02. The summed E-state index contributed by atoms with van der Waals surface area (Å²) in [6, 6.07) is 6.86. The van der Waals surface area contributed by atoms with Crippen molar-refractivity contribution in [2.75, 3.05) is 13.1 Å². The standard InChI is InChI=1S/C14H17N3O2/c15-12-7-8-17(9-12)13(18)6-3-10-1-4-11(5-2-10)14(16)19/h1-6,12H,7-9,15H2,(H2,16,19). The number of carbonyl (C=O) groups excluding carboxylic acids is 2. The average Bonchev–Trinajstić information content (AvgIpc) is 2.83. The van der Waals surface area contributed by atoms with Crippen LogP contribution in [0.2, 0.25) is 0 Å². The smallest absolute Gasteiger partial charge is 0.248 e. The van der Waals surface area contributed by atoms with Gasteiger partial charge < -0.3 is 16.4 Å². The van der Waals surface area contributed by atoms with Crippen LogP contribution in [-0.4, -0.2) is 35.8 Å². The molecule has 0 aromatic heterocycles. The Labute approximate surface area is 111 Å². The average molecular weight is 259 g/mol. The number of nitrogens with zero attached hydrogens (tertiary/aromatic N) is 1. The van der Waals surface area contributed by atoms with E-state index in [-0.39, 0.29) is 11.9 Å². The quantitative estimate of drug-likeness (QED) is 0.768. The molecule has 0 bridgehead atoms. The van der Waals surface area contributed by atoms with Crippen molar-refractivity contribution in [1.29, 1.82) is 0 Å². The summed E-state index contributed by atoms with van der Waals surface area (Å²) in [5.74, 6) is -0.496. The Balaban J connectivity index is 1.98. The molecule has 5 heteroatoms. The van der Waals surface area contributed by atoms with Gasteiger partial charge in [-0.25, -0.2) is 0 Å². The molecule has 1 saturated heterocycles. The molecule has 2 rings (SSSR count). The highest BCUT2D eigenvalue weighted by atomic mass is 16.2. The molecule has 100 valence electrons. The van der Waals surface area contributed by atoms with Gasteiger partial charge in [0.05, 0.1) is 0 Å². The third kappa shape index (κ3) is 3.42. The van der Waals surface area contributed by atoms with Gasteiger partial charge in [0, 0.05) is 30.8 Å². The van der Waals surface area contributed by atoms with E-state index in [0.29, 0.717) is 18.7 Å². The van der Waals surface area contributed by atoms with E-state index in [4.69, 9.17) is 11.5 Å². The fraction of sp³-hybridized carbons (Fsp3) is 0.286. The number of likely N-dealkylation sites (tertiary alicyclic amines) is 1. The molecular weight excluding hydrogens is 242 g/mol. The van der Waals surface area contributed by atoms with Gasteiger partial charge in [0.15, 0.2) is 0 Å². The van der Waals surface area contributed by atoms with Gasteiger partial charge in [-0.1, -0.05) is 12.1 Å². The van der Waals surface area contributed by atoms with Crippen molar-refractivity contribution in [1.82, 2.24) is 4.90 Å². The van der Waals surface area contributed by atoms with E-state index in [1.165, 1.54) is 6.08 Å². The van der Waals surface area contributed by atoms with Crippen LogP contribution in [-0.2, 0) is 4.79 Å². The molecule has 19 heavy (non-hydrogen) atoms. The second-order valence-electron chi connectivity index (χ2n) is 4.65. The predicted octanol–water partition coefficient (Wildman–Crippen LogP) is 0.358. The van der Waals surface area contributed by atoms with Crippen molar-refractivity contribution in [2.45, 2.75) is 12.5 Å². The molecule has 0 radical (unpaired) electrons. The molecule has 0 aliphatic carbocycles. The van der Waals surface area contributed by atoms with Gasteiger partial charge in [0.2, 0.25) is 11.8 Å². The Morgan fingerprint density at radius 2 is 1.95 bits per heavy atom. The van der Waals surface area contributed by atoms with Crippen LogP contribution in [0.5, 0.6) is 0 Å². The van der Waals surface area contributed by atoms with Gasteiger partial charge in [-0.2, -0.15) is 0 Å². The number of carbonyl (C=O) groups is 2. The summed E-state index contributed by atoms with van der Waals surface area (Å²) in [6.07, 6.45) is 4.10. The molecule has 1 atom stereocenters. The Morgan fingerprint density at radius 3 is 2.47 bits per heavy atom. The highest BCUT2D eigenvalue weighted by molar-refractivity contribution is 5.94. The van der Waals surface area contributed by atoms with Crippen molar-refractivity contribution < 1.29 is 9.59 Å². The van der Waals surface area contributed by atoms with Crippen molar-refractivity contribution in [3.63, 3.8) is 0 Å². The fourth-order valence-corrected chi connectivity index (χ4v) is 2.02. The second kappa shape index (κ2) is 5.67. The number of nitrogens with two attached hydrogens (primary N) is 2. The van der Waals surface area contributed by atoms with Crippen LogP contribution in [0.4, 0.5) is 0 Å². The minimum absolute atomic E-state index is 0.0353. The van der Waals surface area contributed by atoms with Crippen LogP contribution >= 0.6 is 0 Å². The minimum atomic E-state index is -0.460. The monoisotopic (exact) mass is 259 g/mol. The molecule has 5 nitrogen and oxygen atoms in total. The van der Waals surface area contributed by atoms with Crippen molar-refractivity contribution in [2.24, 2.45) is 11.5 Å². The van der Waals surface area contributed by atoms with E-state index in [2.05, 4.69) is 0 Å².